The maximum absolute atomic E-state index is 11.4. The van der Waals surface area contributed by atoms with Gasteiger partial charge in [0.25, 0.3) is 0 Å². The number of nitrogens with zero attached hydrogens (tertiary/aromatic N) is 1. The van der Waals surface area contributed by atoms with Crippen molar-refractivity contribution in [1.29, 1.82) is 0 Å². The predicted octanol–water partition coefficient (Wildman–Crippen LogP) is 4.43. The maximum Gasteiger partial charge on any atom is 0.152 e. The van der Waals surface area contributed by atoms with E-state index in [-0.39, 0.29) is 0 Å². The zero-order valence-electron chi connectivity index (χ0n) is 12.7. The monoisotopic (exact) mass is 277 g/mol. The van der Waals surface area contributed by atoms with E-state index >= 15 is 0 Å². The minimum Gasteiger partial charge on any atom is -0.340 e. The minimum absolute atomic E-state index is 0.799. The molecule has 0 bridgehead atoms. The summed E-state index contributed by atoms with van der Waals surface area (Å²) in [7, 11) is 0. The zero-order valence-corrected chi connectivity index (χ0v) is 12.7. The number of carbonyl (C=O) groups excluding carboxylic acids is 1. The molecule has 2 heteroatoms. The molecule has 1 aromatic heterocycles. The molecular weight excluding hydrogens is 258 g/mol. The van der Waals surface area contributed by atoms with E-state index in [4.69, 9.17) is 0 Å². The van der Waals surface area contributed by atoms with Crippen LogP contribution in [0.25, 0.3) is 10.9 Å². The molecule has 0 aliphatic rings. The van der Waals surface area contributed by atoms with E-state index in [1.807, 2.05) is 25.1 Å². The van der Waals surface area contributed by atoms with E-state index in [0.29, 0.717) is 0 Å². The first-order valence-corrected chi connectivity index (χ1v) is 7.21. The molecule has 3 rings (SSSR count). The highest BCUT2D eigenvalue weighted by Gasteiger charge is 2.13. The molecule has 2 aromatic carbocycles. The number of hydrogen-bond donors (Lipinski definition) is 0. The topological polar surface area (TPSA) is 22.0 Å². The van der Waals surface area contributed by atoms with Gasteiger partial charge in [0.15, 0.2) is 6.29 Å². The highest BCUT2D eigenvalue weighted by molar-refractivity contribution is 5.99. The van der Waals surface area contributed by atoms with Crippen LogP contribution >= 0.6 is 0 Å². The van der Waals surface area contributed by atoms with Gasteiger partial charge in [0.2, 0.25) is 0 Å². The molecule has 0 fully saturated rings. The third-order valence-corrected chi connectivity index (χ3v) is 4.23. The van der Waals surface area contributed by atoms with Crippen LogP contribution in [0.4, 0.5) is 0 Å². The third kappa shape index (κ3) is 2.27. The second kappa shape index (κ2) is 5.21. The summed E-state index contributed by atoms with van der Waals surface area (Å²) in [6, 6.07) is 14.6. The lowest BCUT2D eigenvalue weighted by Crippen LogP contribution is -2.04. The van der Waals surface area contributed by atoms with E-state index < -0.39 is 0 Å². The summed E-state index contributed by atoms with van der Waals surface area (Å²) in [6.07, 6.45) is 0.970. The highest BCUT2D eigenvalue weighted by Crippen LogP contribution is 2.26. The SMILES string of the molecule is Cc1ccc(C)c(Cn2c(C)c(C=O)c3ccccc32)c1. The summed E-state index contributed by atoms with van der Waals surface area (Å²) < 4.78 is 2.24. The van der Waals surface area contributed by atoms with Crippen molar-refractivity contribution in [3.63, 3.8) is 0 Å². The molecule has 2 nitrogen and oxygen atoms in total. The van der Waals surface area contributed by atoms with Crippen molar-refractivity contribution in [3.05, 3.63) is 70.4 Å². The summed E-state index contributed by atoms with van der Waals surface area (Å²) in [6.45, 7) is 7.07. The largest absolute Gasteiger partial charge is 0.340 e. The molecule has 21 heavy (non-hydrogen) atoms. The Balaban J connectivity index is 2.19. The summed E-state index contributed by atoms with van der Waals surface area (Å²) in [5.41, 5.74) is 6.81. The molecule has 0 aliphatic heterocycles. The smallest absolute Gasteiger partial charge is 0.152 e. The highest BCUT2D eigenvalue weighted by atomic mass is 16.1. The second-order valence-electron chi connectivity index (χ2n) is 5.65. The molecule has 3 aromatic rings. The van der Waals surface area contributed by atoms with Crippen molar-refractivity contribution >= 4 is 17.2 Å². The molecule has 0 N–H and O–H groups in total. The van der Waals surface area contributed by atoms with Gasteiger partial charge in [-0.3, -0.25) is 4.79 Å². The van der Waals surface area contributed by atoms with Crippen molar-refractivity contribution in [1.82, 2.24) is 4.57 Å². The van der Waals surface area contributed by atoms with Gasteiger partial charge in [-0.05, 0) is 38.0 Å². The van der Waals surface area contributed by atoms with Crippen LogP contribution in [0.1, 0.15) is 32.7 Å². The van der Waals surface area contributed by atoms with Crippen molar-refractivity contribution in [2.45, 2.75) is 27.3 Å². The number of aldehydes is 1. The van der Waals surface area contributed by atoms with Crippen molar-refractivity contribution < 1.29 is 4.79 Å². The summed E-state index contributed by atoms with van der Waals surface area (Å²) >= 11 is 0. The number of rotatable bonds is 3. The van der Waals surface area contributed by atoms with Gasteiger partial charge < -0.3 is 4.57 Å². The van der Waals surface area contributed by atoms with Crippen LogP contribution in [-0.2, 0) is 6.54 Å². The van der Waals surface area contributed by atoms with Crippen LogP contribution in [0.15, 0.2) is 42.5 Å². The standard InChI is InChI=1S/C19H19NO/c1-13-8-9-14(2)16(10-13)11-20-15(3)18(12-21)17-6-4-5-7-19(17)20/h4-10,12H,11H2,1-3H3. The minimum atomic E-state index is 0.799. The van der Waals surface area contributed by atoms with Gasteiger partial charge in [0.1, 0.15) is 0 Å². The molecule has 106 valence electrons. The van der Waals surface area contributed by atoms with Gasteiger partial charge in [-0.25, -0.2) is 0 Å². The van der Waals surface area contributed by atoms with Crippen LogP contribution in [-0.4, -0.2) is 10.9 Å². The lowest BCUT2D eigenvalue weighted by Gasteiger charge is -2.12. The van der Waals surface area contributed by atoms with Gasteiger partial charge in [-0.15, -0.1) is 0 Å². The van der Waals surface area contributed by atoms with Crippen LogP contribution < -0.4 is 0 Å². The molecule has 0 aliphatic carbocycles. The summed E-state index contributed by atoms with van der Waals surface area (Å²) in [5, 5.41) is 1.04. The molecule has 0 spiro atoms. The average Bonchev–Trinajstić information content (AvgIpc) is 2.75. The fourth-order valence-electron chi connectivity index (χ4n) is 2.95. The first-order chi connectivity index (χ1) is 10.1. The maximum atomic E-state index is 11.4. The van der Waals surface area contributed by atoms with Crippen LogP contribution in [0.5, 0.6) is 0 Å². The number of para-hydroxylation sites is 1. The van der Waals surface area contributed by atoms with Gasteiger partial charge in [0.05, 0.1) is 0 Å². The zero-order chi connectivity index (χ0) is 15.0. The average molecular weight is 277 g/mol. The van der Waals surface area contributed by atoms with Crippen LogP contribution in [0.2, 0.25) is 0 Å². The Labute approximate surface area is 125 Å². The fourth-order valence-corrected chi connectivity index (χ4v) is 2.95. The number of benzene rings is 2. The van der Waals surface area contributed by atoms with E-state index in [0.717, 1.165) is 35.0 Å². The van der Waals surface area contributed by atoms with Gasteiger partial charge in [-0.2, -0.15) is 0 Å². The Morgan fingerprint density at radius 2 is 1.81 bits per heavy atom. The van der Waals surface area contributed by atoms with E-state index in [1.165, 1.54) is 16.7 Å². The Hall–Kier alpha value is -2.35. The van der Waals surface area contributed by atoms with Gasteiger partial charge >= 0.3 is 0 Å². The Morgan fingerprint density at radius 3 is 2.57 bits per heavy atom. The Morgan fingerprint density at radius 1 is 1.05 bits per heavy atom. The van der Waals surface area contributed by atoms with Crippen LogP contribution in [0.3, 0.4) is 0 Å². The number of fused-ring (bicyclic) bond motifs is 1. The lowest BCUT2D eigenvalue weighted by molar-refractivity contribution is 0.112. The molecule has 1 heterocycles. The van der Waals surface area contributed by atoms with Crippen LogP contribution in [0, 0.1) is 20.8 Å². The quantitative estimate of drug-likeness (QED) is 0.649. The lowest BCUT2D eigenvalue weighted by atomic mass is 10.1. The first kappa shape index (κ1) is 13.6. The molecule has 0 unspecified atom stereocenters. The predicted molar refractivity (Wildman–Crippen MR) is 87.1 cm³/mol. The molecule has 0 atom stereocenters. The van der Waals surface area contributed by atoms with Crippen molar-refractivity contribution in [2.24, 2.45) is 0 Å². The normalized spacial score (nSPS) is 11.0. The number of hydrogen-bond acceptors (Lipinski definition) is 1. The first-order valence-electron chi connectivity index (χ1n) is 7.21. The number of aryl methyl sites for hydroxylation is 2. The fraction of sp³-hybridized carbons (Fsp3) is 0.211. The molecule has 0 radical (unpaired) electrons. The number of carbonyl (C=O) groups is 1. The third-order valence-electron chi connectivity index (χ3n) is 4.23. The van der Waals surface area contributed by atoms with Crippen molar-refractivity contribution in [3.8, 4) is 0 Å². The van der Waals surface area contributed by atoms with E-state index in [2.05, 4.69) is 42.7 Å². The number of aromatic nitrogens is 1. The van der Waals surface area contributed by atoms with Crippen molar-refractivity contribution in [2.75, 3.05) is 0 Å². The Bertz CT molecular complexity index is 827. The van der Waals surface area contributed by atoms with Gasteiger partial charge in [0, 0.05) is 28.7 Å². The van der Waals surface area contributed by atoms with Gasteiger partial charge in [-0.1, -0.05) is 42.0 Å². The molecular formula is C19H19NO. The summed E-state index contributed by atoms with van der Waals surface area (Å²) in [4.78, 5) is 11.4. The molecule has 0 amide bonds. The Kier molecular flexibility index (Phi) is 3.38. The molecule has 0 saturated carbocycles. The van der Waals surface area contributed by atoms with E-state index in [9.17, 15) is 4.79 Å². The van der Waals surface area contributed by atoms with E-state index in [1.54, 1.807) is 0 Å². The summed E-state index contributed by atoms with van der Waals surface area (Å²) in [5.74, 6) is 0. The second-order valence-corrected chi connectivity index (χ2v) is 5.65. The molecule has 0 saturated heterocycles.